The summed E-state index contributed by atoms with van der Waals surface area (Å²) in [6, 6.07) is 14.1. The van der Waals surface area contributed by atoms with Crippen LogP contribution in [-0.4, -0.2) is 6.61 Å². The summed E-state index contributed by atoms with van der Waals surface area (Å²) in [5.74, 6) is 0.946. The van der Waals surface area contributed by atoms with Crippen molar-refractivity contribution >= 4 is 21.6 Å². The molecule has 0 fully saturated rings. The van der Waals surface area contributed by atoms with Crippen LogP contribution in [0.4, 0.5) is 5.69 Å². The SMILES string of the molecule is Cc1ccc(Br)cc1OCCCc1cccc(N)c1. The number of aryl methyl sites for hydroxylation is 2. The van der Waals surface area contributed by atoms with Gasteiger partial charge < -0.3 is 10.5 Å². The van der Waals surface area contributed by atoms with Crippen molar-refractivity contribution in [2.45, 2.75) is 19.8 Å². The van der Waals surface area contributed by atoms with Crippen LogP contribution < -0.4 is 10.5 Å². The van der Waals surface area contributed by atoms with E-state index in [2.05, 4.69) is 35.0 Å². The minimum atomic E-state index is 0.714. The van der Waals surface area contributed by atoms with Crippen LogP contribution in [0.2, 0.25) is 0 Å². The first kappa shape index (κ1) is 13.9. The second kappa shape index (κ2) is 6.62. The molecule has 0 unspecified atom stereocenters. The molecule has 2 rings (SSSR count). The molecule has 100 valence electrons. The van der Waals surface area contributed by atoms with Crippen molar-refractivity contribution < 1.29 is 4.74 Å². The van der Waals surface area contributed by atoms with Crippen LogP contribution in [0.25, 0.3) is 0 Å². The molecule has 0 aliphatic carbocycles. The van der Waals surface area contributed by atoms with Gasteiger partial charge in [-0.05, 0) is 55.2 Å². The molecule has 0 amide bonds. The highest BCUT2D eigenvalue weighted by Gasteiger charge is 2.00. The number of ether oxygens (including phenoxy) is 1. The third-order valence-corrected chi connectivity index (χ3v) is 3.46. The predicted octanol–water partition coefficient (Wildman–Crippen LogP) is 4.35. The highest BCUT2D eigenvalue weighted by atomic mass is 79.9. The van der Waals surface area contributed by atoms with E-state index in [-0.39, 0.29) is 0 Å². The van der Waals surface area contributed by atoms with Crippen LogP contribution >= 0.6 is 15.9 Å². The second-order valence-electron chi connectivity index (χ2n) is 4.61. The Labute approximate surface area is 122 Å². The van der Waals surface area contributed by atoms with Crippen LogP contribution in [0.5, 0.6) is 5.75 Å². The van der Waals surface area contributed by atoms with Gasteiger partial charge >= 0.3 is 0 Å². The Kier molecular flexibility index (Phi) is 4.86. The molecule has 2 nitrogen and oxygen atoms in total. The minimum Gasteiger partial charge on any atom is -0.493 e. The van der Waals surface area contributed by atoms with E-state index in [1.54, 1.807) is 0 Å². The monoisotopic (exact) mass is 319 g/mol. The van der Waals surface area contributed by atoms with E-state index in [1.807, 2.05) is 30.3 Å². The van der Waals surface area contributed by atoms with Crippen molar-refractivity contribution in [3.63, 3.8) is 0 Å². The first-order valence-electron chi connectivity index (χ1n) is 6.38. The lowest BCUT2D eigenvalue weighted by molar-refractivity contribution is 0.309. The van der Waals surface area contributed by atoms with Crippen molar-refractivity contribution in [1.29, 1.82) is 0 Å². The number of benzene rings is 2. The zero-order valence-corrected chi connectivity index (χ0v) is 12.6. The standard InChI is InChI=1S/C16H18BrNO/c1-12-7-8-14(17)11-16(12)19-9-3-5-13-4-2-6-15(18)10-13/h2,4,6-8,10-11H,3,5,9,18H2,1H3. The lowest BCUT2D eigenvalue weighted by Gasteiger charge is -2.09. The van der Waals surface area contributed by atoms with Crippen LogP contribution in [0, 0.1) is 6.92 Å². The zero-order valence-electron chi connectivity index (χ0n) is 11.0. The Morgan fingerprint density at radius 2 is 2.00 bits per heavy atom. The van der Waals surface area contributed by atoms with Crippen LogP contribution in [0.3, 0.4) is 0 Å². The van der Waals surface area contributed by atoms with Gasteiger partial charge in [-0.1, -0.05) is 34.1 Å². The summed E-state index contributed by atoms with van der Waals surface area (Å²) in [7, 11) is 0. The number of hydrogen-bond donors (Lipinski definition) is 1. The highest BCUT2D eigenvalue weighted by Crippen LogP contribution is 2.23. The lowest BCUT2D eigenvalue weighted by atomic mass is 10.1. The topological polar surface area (TPSA) is 35.2 Å². The first-order valence-corrected chi connectivity index (χ1v) is 7.18. The Balaban J connectivity index is 1.82. The summed E-state index contributed by atoms with van der Waals surface area (Å²) < 4.78 is 6.85. The normalized spacial score (nSPS) is 10.4. The Bertz CT molecular complexity index is 554. The highest BCUT2D eigenvalue weighted by molar-refractivity contribution is 9.10. The summed E-state index contributed by atoms with van der Waals surface area (Å²) in [4.78, 5) is 0. The lowest BCUT2D eigenvalue weighted by Crippen LogP contribution is -2.01. The van der Waals surface area contributed by atoms with E-state index in [9.17, 15) is 0 Å². The van der Waals surface area contributed by atoms with Crippen molar-refractivity contribution in [3.8, 4) is 5.75 Å². The molecule has 0 radical (unpaired) electrons. The minimum absolute atomic E-state index is 0.714. The molecule has 2 N–H and O–H groups in total. The number of halogens is 1. The molecule has 0 aromatic heterocycles. The van der Waals surface area contributed by atoms with Crippen molar-refractivity contribution in [2.24, 2.45) is 0 Å². The summed E-state index contributed by atoms with van der Waals surface area (Å²) in [6.07, 6.45) is 1.97. The van der Waals surface area contributed by atoms with Gasteiger partial charge in [0, 0.05) is 10.2 Å². The smallest absolute Gasteiger partial charge is 0.123 e. The van der Waals surface area contributed by atoms with Gasteiger partial charge in [0.15, 0.2) is 0 Å². The maximum Gasteiger partial charge on any atom is 0.123 e. The molecule has 19 heavy (non-hydrogen) atoms. The summed E-state index contributed by atoms with van der Waals surface area (Å²) in [5.41, 5.74) is 8.99. The van der Waals surface area contributed by atoms with E-state index in [0.29, 0.717) is 6.61 Å². The van der Waals surface area contributed by atoms with E-state index >= 15 is 0 Å². The number of rotatable bonds is 5. The molecular formula is C16H18BrNO. The molecule has 0 saturated heterocycles. The van der Waals surface area contributed by atoms with Crippen molar-refractivity contribution in [2.75, 3.05) is 12.3 Å². The number of hydrogen-bond acceptors (Lipinski definition) is 2. The van der Waals surface area contributed by atoms with Crippen LogP contribution in [-0.2, 0) is 6.42 Å². The van der Waals surface area contributed by atoms with Gasteiger partial charge in [0.25, 0.3) is 0 Å². The van der Waals surface area contributed by atoms with Gasteiger partial charge in [-0.3, -0.25) is 0 Å². The molecule has 2 aromatic carbocycles. The van der Waals surface area contributed by atoms with Crippen molar-refractivity contribution in [1.82, 2.24) is 0 Å². The second-order valence-corrected chi connectivity index (χ2v) is 5.52. The number of anilines is 1. The molecule has 2 aromatic rings. The third kappa shape index (κ3) is 4.28. The van der Waals surface area contributed by atoms with Gasteiger partial charge in [-0.15, -0.1) is 0 Å². The van der Waals surface area contributed by atoms with Gasteiger partial charge in [-0.2, -0.15) is 0 Å². The van der Waals surface area contributed by atoms with Gasteiger partial charge in [0.05, 0.1) is 6.61 Å². The molecule has 0 aliphatic rings. The predicted molar refractivity (Wildman–Crippen MR) is 83.5 cm³/mol. The fraction of sp³-hybridized carbons (Fsp3) is 0.250. The maximum absolute atomic E-state index is 5.81. The molecule has 0 atom stereocenters. The fourth-order valence-electron chi connectivity index (χ4n) is 1.94. The maximum atomic E-state index is 5.81. The third-order valence-electron chi connectivity index (χ3n) is 2.97. The van der Waals surface area contributed by atoms with Crippen LogP contribution in [0.1, 0.15) is 17.5 Å². The molecule has 0 aliphatic heterocycles. The average molecular weight is 320 g/mol. The van der Waals surface area contributed by atoms with E-state index in [4.69, 9.17) is 10.5 Å². The number of nitrogen functional groups attached to an aromatic ring is 1. The fourth-order valence-corrected chi connectivity index (χ4v) is 2.28. The Morgan fingerprint density at radius 3 is 2.79 bits per heavy atom. The zero-order chi connectivity index (χ0) is 13.7. The molecule has 0 saturated carbocycles. The molecule has 3 heteroatoms. The molecule has 0 heterocycles. The molecule has 0 spiro atoms. The van der Waals surface area contributed by atoms with E-state index in [1.165, 1.54) is 5.56 Å². The quantitative estimate of drug-likeness (QED) is 0.656. The molecule has 0 bridgehead atoms. The van der Waals surface area contributed by atoms with Crippen molar-refractivity contribution in [3.05, 3.63) is 58.1 Å². The van der Waals surface area contributed by atoms with E-state index < -0.39 is 0 Å². The molecular weight excluding hydrogens is 302 g/mol. The van der Waals surface area contributed by atoms with E-state index in [0.717, 1.165) is 34.3 Å². The summed E-state index contributed by atoms with van der Waals surface area (Å²) >= 11 is 3.46. The average Bonchev–Trinajstić information content (AvgIpc) is 2.39. The van der Waals surface area contributed by atoms with Gasteiger partial charge in [-0.25, -0.2) is 0 Å². The largest absolute Gasteiger partial charge is 0.493 e. The van der Waals surface area contributed by atoms with Gasteiger partial charge in [0.2, 0.25) is 0 Å². The van der Waals surface area contributed by atoms with Gasteiger partial charge in [0.1, 0.15) is 5.75 Å². The Hall–Kier alpha value is -1.48. The summed E-state index contributed by atoms with van der Waals surface area (Å²) in [5, 5.41) is 0. The summed E-state index contributed by atoms with van der Waals surface area (Å²) in [6.45, 7) is 2.77. The number of nitrogens with two attached hydrogens (primary N) is 1. The van der Waals surface area contributed by atoms with Crippen LogP contribution in [0.15, 0.2) is 46.9 Å². The Morgan fingerprint density at radius 1 is 1.16 bits per heavy atom. The first-order chi connectivity index (χ1) is 9.15.